The predicted molar refractivity (Wildman–Crippen MR) is 108 cm³/mol. The minimum atomic E-state index is -0.590. The Morgan fingerprint density at radius 2 is 1.96 bits per heavy atom. The molecule has 28 heavy (non-hydrogen) atoms. The standard InChI is InChI=1S/C20H21ClFN5O/c1-11(2)3-6-16(12-4-5-14(21)15(22)9-12)27-20-18-17(25-10-26-20)13(19(23)28)7-8-24-18/h4-5,7-11,16H,3,6H2,1-2H3,(H2,23,28)(H,25,26,27)/t16-/m1/s1. The molecule has 0 saturated carbocycles. The molecule has 3 aromatic rings. The van der Waals surface area contributed by atoms with E-state index in [0.717, 1.165) is 18.4 Å². The Morgan fingerprint density at radius 3 is 2.64 bits per heavy atom. The fourth-order valence-electron chi connectivity index (χ4n) is 2.98. The molecular weight excluding hydrogens is 381 g/mol. The van der Waals surface area contributed by atoms with E-state index in [-0.39, 0.29) is 16.6 Å². The Labute approximate surface area is 167 Å². The number of hydrogen-bond acceptors (Lipinski definition) is 5. The maximum Gasteiger partial charge on any atom is 0.251 e. The van der Waals surface area contributed by atoms with Crippen LogP contribution in [0, 0.1) is 11.7 Å². The van der Waals surface area contributed by atoms with Crippen LogP contribution in [0.4, 0.5) is 10.2 Å². The first-order valence-corrected chi connectivity index (χ1v) is 9.35. The maximum absolute atomic E-state index is 14.0. The highest BCUT2D eigenvalue weighted by atomic mass is 35.5. The van der Waals surface area contributed by atoms with Gasteiger partial charge >= 0.3 is 0 Å². The number of hydrogen-bond donors (Lipinski definition) is 2. The number of rotatable bonds is 7. The number of aromatic nitrogens is 3. The quantitative estimate of drug-likeness (QED) is 0.607. The van der Waals surface area contributed by atoms with Crippen molar-refractivity contribution in [1.29, 1.82) is 0 Å². The molecule has 0 saturated heterocycles. The number of nitrogens with one attached hydrogen (secondary N) is 1. The lowest BCUT2D eigenvalue weighted by atomic mass is 9.97. The van der Waals surface area contributed by atoms with Gasteiger partial charge in [0.05, 0.1) is 16.6 Å². The van der Waals surface area contributed by atoms with Gasteiger partial charge in [-0.15, -0.1) is 0 Å². The number of carbonyl (C=O) groups excluding carboxylic acids is 1. The molecule has 0 aliphatic carbocycles. The Hall–Kier alpha value is -2.80. The topological polar surface area (TPSA) is 93.8 Å². The van der Waals surface area contributed by atoms with Gasteiger partial charge in [0.1, 0.15) is 23.2 Å². The smallest absolute Gasteiger partial charge is 0.251 e. The Kier molecular flexibility index (Phi) is 6.04. The van der Waals surface area contributed by atoms with Crippen molar-refractivity contribution < 1.29 is 9.18 Å². The molecule has 0 unspecified atom stereocenters. The lowest BCUT2D eigenvalue weighted by Gasteiger charge is -2.21. The summed E-state index contributed by atoms with van der Waals surface area (Å²) in [5.41, 5.74) is 7.26. The van der Waals surface area contributed by atoms with Gasteiger partial charge in [-0.05, 0) is 42.5 Å². The highest BCUT2D eigenvalue weighted by Gasteiger charge is 2.18. The van der Waals surface area contributed by atoms with E-state index in [2.05, 4.69) is 34.1 Å². The lowest BCUT2D eigenvalue weighted by Crippen LogP contribution is -2.15. The van der Waals surface area contributed by atoms with Crippen LogP contribution >= 0.6 is 11.6 Å². The van der Waals surface area contributed by atoms with Gasteiger partial charge in [-0.1, -0.05) is 31.5 Å². The number of carbonyl (C=O) groups is 1. The van der Waals surface area contributed by atoms with E-state index >= 15 is 0 Å². The predicted octanol–water partition coefficient (Wildman–Crippen LogP) is 4.51. The van der Waals surface area contributed by atoms with Crippen LogP contribution in [0.25, 0.3) is 11.0 Å². The van der Waals surface area contributed by atoms with Gasteiger partial charge in [-0.25, -0.2) is 14.4 Å². The number of nitrogens with zero attached hydrogens (tertiary/aromatic N) is 3. The zero-order valence-corrected chi connectivity index (χ0v) is 16.4. The van der Waals surface area contributed by atoms with Crippen LogP contribution in [0.15, 0.2) is 36.8 Å². The summed E-state index contributed by atoms with van der Waals surface area (Å²) in [6, 6.07) is 6.05. The molecule has 1 aromatic carbocycles. The van der Waals surface area contributed by atoms with E-state index in [9.17, 15) is 9.18 Å². The maximum atomic E-state index is 14.0. The number of anilines is 1. The number of primary amides is 1. The van der Waals surface area contributed by atoms with Crippen LogP contribution in [-0.4, -0.2) is 20.9 Å². The summed E-state index contributed by atoms with van der Waals surface area (Å²) < 4.78 is 14.0. The number of benzene rings is 1. The second-order valence-electron chi connectivity index (χ2n) is 6.98. The molecule has 6 nitrogen and oxygen atoms in total. The largest absolute Gasteiger partial charge is 0.366 e. The number of fused-ring (bicyclic) bond motifs is 1. The number of pyridine rings is 1. The summed E-state index contributed by atoms with van der Waals surface area (Å²) in [5, 5.41) is 3.41. The van der Waals surface area contributed by atoms with Gasteiger partial charge in [0.25, 0.3) is 5.91 Å². The summed E-state index contributed by atoms with van der Waals surface area (Å²) in [7, 11) is 0. The van der Waals surface area contributed by atoms with E-state index in [1.807, 2.05) is 0 Å². The van der Waals surface area contributed by atoms with Crippen LogP contribution in [0.3, 0.4) is 0 Å². The lowest BCUT2D eigenvalue weighted by molar-refractivity contribution is 0.100. The number of halogens is 2. The summed E-state index contributed by atoms with van der Waals surface area (Å²) >= 11 is 5.83. The van der Waals surface area contributed by atoms with E-state index in [4.69, 9.17) is 17.3 Å². The number of amides is 1. The van der Waals surface area contributed by atoms with E-state index in [0.29, 0.717) is 22.8 Å². The summed E-state index contributed by atoms with van der Waals surface area (Å²) in [6.45, 7) is 4.25. The SMILES string of the molecule is CC(C)CC[C@@H](Nc1ncnc2c(C(N)=O)ccnc12)c1ccc(Cl)c(F)c1. The van der Waals surface area contributed by atoms with Crippen LogP contribution in [-0.2, 0) is 0 Å². The third-order valence-electron chi connectivity index (χ3n) is 4.48. The third kappa shape index (κ3) is 4.36. The Morgan fingerprint density at radius 1 is 1.18 bits per heavy atom. The van der Waals surface area contributed by atoms with Crippen LogP contribution in [0.5, 0.6) is 0 Å². The van der Waals surface area contributed by atoms with E-state index in [1.165, 1.54) is 30.7 Å². The van der Waals surface area contributed by atoms with Crippen molar-refractivity contribution in [1.82, 2.24) is 15.0 Å². The van der Waals surface area contributed by atoms with Gasteiger partial charge in [0.15, 0.2) is 5.82 Å². The average molecular weight is 402 g/mol. The zero-order chi connectivity index (χ0) is 20.3. The molecule has 0 radical (unpaired) electrons. The highest BCUT2D eigenvalue weighted by molar-refractivity contribution is 6.30. The first kappa shape index (κ1) is 19.9. The van der Waals surface area contributed by atoms with Gasteiger partial charge < -0.3 is 11.1 Å². The van der Waals surface area contributed by atoms with Crippen molar-refractivity contribution in [3.8, 4) is 0 Å². The Balaban J connectivity index is 2.01. The van der Waals surface area contributed by atoms with Gasteiger partial charge in [-0.2, -0.15) is 0 Å². The first-order valence-electron chi connectivity index (χ1n) is 8.97. The number of nitrogens with two attached hydrogens (primary N) is 1. The molecule has 8 heteroatoms. The molecule has 1 atom stereocenters. The van der Waals surface area contributed by atoms with Crippen molar-refractivity contribution in [2.75, 3.05) is 5.32 Å². The molecule has 3 N–H and O–H groups in total. The van der Waals surface area contributed by atoms with Crippen LogP contribution < -0.4 is 11.1 Å². The second-order valence-corrected chi connectivity index (χ2v) is 7.39. The third-order valence-corrected chi connectivity index (χ3v) is 4.78. The van der Waals surface area contributed by atoms with E-state index in [1.54, 1.807) is 6.07 Å². The fourth-order valence-corrected chi connectivity index (χ4v) is 3.10. The molecular formula is C20H21ClFN5O. The van der Waals surface area contributed by atoms with Crippen LogP contribution in [0.2, 0.25) is 5.02 Å². The van der Waals surface area contributed by atoms with Gasteiger partial charge in [-0.3, -0.25) is 9.78 Å². The monoisotopic (exact) mass is 401 g/mol. The minimum absolute atomic E-state index is 0.0756. The molecule has 0 aliphatic heterocycles. The molecule has 1 amide bonds. The summed E-state index contributed by atoms with van der Waals surface area (Å²) in [4.78, 5) is 24.4. The van der Waals surface area contributed by atoms with E-state index < -0.39 is 11.7 Å². The van der Waals surface area contributed by atoms with Crippen molar-refractivity contribution in [2.45, 2.75) is 32.7 Å². The Bertz CT molecular complexity index is 1010. The fraction of sp³-hybridized carbons (Fsp3) is 0.300. The van der Waals surface area contributed by atoms with Crippen LogP contribution in [0.1, 0.15) is 48.7 Å². The normalized spacial score (nSPS) is 12.3. The van der Waals surface area contributed by atoms with Gasteiger partial charge in [0.2, 0.25) is 0 Å². The molecule has 0 aliphatic rings. The summed E-state index contributed by atoms with van der Waals surface area (Å²) in [6.07, 6.45) is 4.51. The average Bonchev–Trinajstić information content (AvgIpc) is 2.66. The van der Waals surface area contributed by atoms with Gasteiger partial charge in [0, 0.05) is 6.20 Å². The molecule has 146 valence electrons. The molecule has 0 spiro atoms. The zero-order valence-electron chi connectivity index (χ0n) is 15.6. The molecule has 0 fully saturated rings. The minimum Gasteiger partial charge on any atom is -0.366 e. The van der Waals surface area contributed by atoms with Crippen molar-refractivity contribution in [3.63, 3.8) is 0 Å². The highest BCUT2D eigenvalue weighted by Crippen LogP contribution is 2.30. The van der Waals surface area contributed by atoms with Crippen molar-refractivity contribution in [2.24, 2.45) is 11.7 Å². The second kappa shape index (κ2) is 8.48. The summed E-state index contributed by atoms with van der Waals surface area (Å²) in [5.74, 6) is -0.134. The van der Waals surface area contributed by atoms with Crippen molar-refractivity contribution >= 4 is 34.4 Å². The molecule has 3 rings (SSSR count). The molecule has 2 aromatic heterocycles. The van der Waals surface area contributed by atoms with Crippen molar-refractivity contribution in [3.05, 3.63) is 58.8 Å². The molecule has 2 heterocycles. The first-order chi connectivity index (χ1) is 13.4. The molecule has 0 bridgehead atoms.